The molecule has 2 N–H and O–H groups in total. The molecule has 0 aliphatic heterocycles. The Morgan fingerprint density at radius 3 is 2.47 bits per heavy atom. The molecular formula is C13H24BrN3. The molecule has 1 heterocycles. The van der Waals surface area contributed by atoms with Gasteiger partial charge in [0, 0.05) is 19.0 Å². The van der Waals surface area contributed by atoms with E-state index >= 15 is 0 Å². The quantitative estimate of drug-likeness (QED) is 0.908. The summed E-state index contributed by atoms with van der Waals surface area (Å²) in [5, 5.41) is 4.51. The van der Waals surface area contributed by atoms with Gasteiger partial charge in [0.15, 0.2) is 0 Å². The second-order valence-electron chi connectivity index (χ2n) is 5.18. The van der Waals surface area contributed by atoms with Crippen LogP contribution in [-0.2, 0) is 19.9 Å². The van der Waals surface area contributed by atoms with E-state index in [-0.39, 0.29) is 5.54 Å². The Labute approximate surface area is 113 Å². The van der Waals surface area contributed by atoms with Gasteiger partial charge in [-0.15, -0.1) is 0 Å². The summed E-state index contributed by atoms with van der Waals surface area (Å²) in [5.74, 6) is 0.495. The monoisotopic (exact) mass is 301 g/mol. The third kappa shape index (κ3) is 3.10. The molecule has 0 saturated carbocycles. The summed E-state index contributed by atoms with van der Waals surface area (Å²) in [5.41, 5.74) is 8.56. The molecule has 0 spiro atoms. The molecule has 0 fully saturated rings. The van der Waals surface area contributed by atoms with Gasteiger partial charge >= 0.3 is 0 Å². The Hall–Kier alpha value is -0.350. The first-order valence-electron chi connectivity index (χ1n) is 6.32. The highest BCUT2D eigenvalue weighted by molar-refractivity contribution is 9.10. The normalized spacial score (nSPS) is 16.9. The van der Waals surface area contributed by atoms with E-state index in [1.807, 2.05) is 11.7 Å². The first kappa shape index (κ1) is 14.7. The zero-order valence-electron chi connectivity index (χ0n) is 11.5. The van der Waals surface area contributed by atoms with Gasteiger partial charge in [0.25, 0.3) is 0 Å². The van der Waals surface area contributed by atoms with Gasteiger partial charge in [0.1, 0.15) is 0 Å². The largest absolute Gasteiger partial charge is 0.325 e. The highest BCUT2D eigenvalue weighted by Crippen LogP contribution is 2.28. The lowest BCUT2D eigenvalue weighted by Crippen LogP contribution is -2.45. The molecule has 2 unspecified atom stereocenters. The molecule has 0 radical (unpaired) electrons. The van der Waals surface area contributed by atoms with Crippen molar-refractivity contribution < 1.29 is 0 Å². The summed E-state index contributed by atoms with van der Waals surface area (Å²) < 4.78 is 3.08. The van der Waals surface area contributed by atoms with Crippen molar-refractivity contribution in [2.45, 2.75) is 52.5 Å². The van der Waals surface area contributed by atoms with Gasteiger partial charge in [-0.2, -0.15) is 5.10 Å². The Bertz CT molecular complexity index is 382. The smallest absolute Gasteiger partial charge is 0.0766 e. The molecule has 1 aromatic heterocycles. The number of nitrogens with zero attached hydrogens (tertiary/aromatic N) is 2. The highest BCUT2D eigenvalue weighted by Gasteiger charge is 2.28. The SMILES string of the molecule is CCc1nn(C)c(CC(C)(N)C(C)CC)c1Br. The molecule has 98 valence electrons. The summed E-state index contributed by atoms with van der Waals surface area (Å²) in [7, 11) is 1.99. The van der Waals surface area contributed by atoms with Crippen LogP contribution < -0.4 is 5.73 Å². The fourth-order valence-corrected chi connectivity index (χ4v) is 2.77. The second kappa shape index (κ2) is 5.53. The fraction of sp³-hybridized carbons (Fsp3) is 0.769. The van der Waals surface area contributed by atoms with E-state index in [1.54, 1.807) is 0 Å². The highest BCUT2D eigenvalue weighted by atomic mass is 79.9. The molecule has 0 saturated heterocycles. The van der Waals surface area contributed by atoms with Crippen molar-refractivity contribution in [1.82, 2.24) is 9.78 Å². The van der Waals surface area contributed by atoms with E-state index in [4.69, 9.17) is 5.73 Å². The van der Waals surface area contributed by atoms with E-state index < -0.39 is 0 Å². The Kier molecular flexibility index (Phi) is 4.78. The van der Waals surface area contributed by atoms with Gasteiger partial charge in [0.05, 0.1) is 15.9 Å². The van der Waals surface area contributed by atoms with Crippen LogP contribution in [0.4, 0.5) is 0 Å². The average Bonchev–Trinajstić information content (AvgIpc) is 2.54. The van der Waals surface area contributed by atoms with Crippen LogP contribution in [-0.4, -0.2) is 15.3 Å². The van der Waals surface area contributed by atoms with Crippen molar-refractivity contribution in [3.8, 4) is 0 Å². The molecule has 0 bridgehead atoms. The first-order chi connectivity index (χ1) is 7.83. The summed E-state index contributed by atoms with van der Waals surface area (Å²) in [4.78, 5) is 0. The zero-order valence-corrected chi connectivity index (χ0v) is 13.1. The van der Waals surface area contributed by atoms with E-state index in [1.165, 1.54) is 5.69 Å². The van der Waals surface area contributed by atoms with Crippen LogP contribution in [0.3, 0.4) is 0 Å². The van der Waals surface area contributed by atoms with Crippen LogP contribution in [0.1, 0.15) is 45.5 Å². The van der Waals surface area contributed by atoms with Crippen LogP contribution in [0.15, 0.2) is 4.47 Å². The van der Waals surface area contributed by atoms with E-state index in [2.05, 4.69) is 48.7 Å². The third-order valence-electron chi connectivity index (χ3n) is 3.79. The van der Waals surface area contributed by atoms with Gasteiger partial charge in [-0.3, -0.25) is 4.68 Å². The first-order valence-corrected chi connectivity index (χ1v) is 7.11. The van der Waals surface area contributed by atoms with Crippen molar-refractivity contribution in [2.75, 3.05) is 0 Å². The minimum absolute atomic E-state index is 0.184. The van der Waals surface area contributed by atoms with Gasteiger partial charge < -0.3 is 5.73 Å². The minimum Gasteiger partial charge on any atom is -0.325 e. The number of aromatic nitrogens is 2. The van der Waals surface area contributed by atoms with Gasteiger partial charge in [-0.05, 0) is 35.2 Å². The summed E-state index contributed by atoms with van der Waals surface area (Å²) in [6.07, 6.45) is 2.90. The standard InChI is InChI=1S/C13H24BrN3/c1-6-9(3)13(4,15)8-11-12(14)10(7-2)16-17(11)5/h9H,6-8,15H2,1-5H3. The molecular weight excluding hydrogens is 278 g/mol. The van der Waals surface area contributed by atoms with Gasteiger partial charge in [-0.25, -0.2) is 0 Å². The molecule has 0 aromatic carbocycles. The summed E-state index contributed by atoms with van der Waals surface area (Å²) in [6, 6.07) is 0. The molecule has 4 heteroatoms. The number of hydrogen-bond donors (Lipinski definition) is 1. The third-order valence-corrected chi connectivity index (χ3v) is 4.70. The van der Waals surface area contributed by atoms with Crippen LogP contribution in [0.2, 0.25) is 0 Å². The number of nitrogens with two attached hydrogens (primary N) is 1. The van der Waals surface area contributed by atoms with Crippen LogP contribution in [0.25, 0.3) is 0 Å². The lowest BCUT2D eigenvalue weighted by Gasteiger charge is -2.31. The topological polar surface area (TPSA) is 43.8 Å². The van der Waals surface area contributed by atoms with Crippen LogP contribution >= 0.6 is 15.9 Å². The molecule has 0 amide bonds. The molecule has 17 heavy (non-hydrogen) atoms. The second-order valence-corrected chi connectivity index (χ2v) is 5.97. The number of hydrogen-bond acceptors (Lipinski definition) is 2. The Morgan fingerprint density at radius 2 is 2.06 bits per heavy atom. The fourth-order valence-electron chi connectivity index (χ4n) is 2.01. The van der Waals surface area contributed by atoms with E-state index in [9.17, 15) is 0 Å². The van der Waals surface area contributed by atoms with Crippen LogP contribution in [0, 0.1) is 5.92 Å². The molecule has 1 aromatic rings. The lowest BCUT2D eigenvalue weighted by atomic mass is 9.82. The van der Waals surface area contributed by atoms with Gasteiger partial charge in [0.2, 0.25) is 0 Å². The molecule has 0 aliphatic rings. The van der Waals surface area contributed by atoms with Crippen molar-refractivity contribution >= 4 is 15.9 Å². The van der Waals surface area contributed by atoms with Crippen molar-refractivity contribution in [1.29, 1.82) is 0 Å². The lowest BCUT2D eigenvalue weighted by molar-refractivity contribution is 0.300. The zero-order chi connectivity index (χ0) is 13.2. The maximum absolute atomic E-state index is 6.43. The van der Waals surface area contributed by atoms with Crippen molar-refractivity contribution in [3.05, 3.63) is 15.9 Å². The average molecular weight is 302 g/mol. The van der Waals surface area contributed by atoms with E-state index in [0.29, 0.717) is 5.92 Å². The summed E-state index contributed by atoms with van der Waals surface area (Å²) in [6.45, 7) is 8.65. The Morgan fingerprint density at radius 1 is 1.47 bits per heavy atom. The van der Waals surface area contributed by atoms with E-state index in [0.717, 1.165) is 29.4 Å². The molecule has 3 nitrogen and oxygen atoms in total. The molecule has 1 rings (SSSR count). The Balaban J connectivity index is 2.99. The van der Waals surface area contributed by atoms with Crippen LogP contribution in [0.5, 0.6) is 0 Å². The predicted molar refractivity (Wildman–Crippen MR) is 76.0 cm³/mol. The maximum atomic E-state index is 6.43. The maximum Gasteiger partial charge on any atom is 0.0766 e. The number of rotatable bonds is 5. The molecule has 2 atom stereocenters. The van der Waals surface area contributed by atoms with Crippen molar-refractivity contribution in [3.63, 3.8) is 0 Å². The number of halogens is 1. The number of aryl methyl sites for hydroxylation is 2. The van der Waals surface area contributed by atoms with Gasteiger partial charge in [-0.1, -0.05) is 27.2 Å². The predicted octanol–water partition coefficient (Wildman–Crippen LogP) is 3.05. The summed E-state index contributed by atoms with van der Waals surface area (Å²) >= 11 is 3.65. The minimum atomic E-state index is -0.184. The molecule has 0 aliphatic carbocycles. The van der Waals surface area contributed by atoms with Crippen molar-refractivity contribution in [2.24, 2.45) is 18.7 Å².